The Bertz CT molecular complexity index is 408. The van der Waals surface area contributed by atoms with E-state index in [4.69, 9.17) is 0 Å². The smallest absolute Gasteiger partial charge is 0.135 e. The number of hydrogen-bond acceptors (Lipinski definition) is 5. The van der Waals surface area contributed by atoms with Gasteiger partial charge in [-0.3, -0.25) is 0 Å². The Morgan fingerprint density at radius 1 is 1.50 bits per heavy atom. The normalized spacial score (nSPS) is 19.6. The minimum Gasteiger partial charge on any atom is -0.396 e. The molecule has 0 bridgehead atoms. The number of aliphatic hydroxyl groups excluding tert-OH is 1. The summed E-state index contributed by atoms with van der Waals surface area (Å²) in [6.07, 6.45) is 1.03. The number of aromatic nitrogens is 2. The fourth-order valence-corrected chi connectivity index (χ4v) is 2.19. The van der Waals surface area contributed by atoms with Crippen LogP contribution in [-0.4, -0.2) is 41.8 Å². The van der Waals surface area contributed by atoms with Gasteiger partial charge in [0.05, 0.1) is 0 Å². The molecule has 0 radical (unpaired) electrons. The van der Waals surface area contributed by atoms with E-state index in [2.05, 4.69) is 34.0 Å². The van der Waals surface area contributed by atoms with Crippen LogP contribution in [0, 0.1) is 5.92 Å². The van der Waals surface area contributed by atoms with Gasteiger partial charge in [0.1, 0.15) is 17.5 Å². The molecule has 1 aliphatic rings. The molecule has 1 unspecified atom stereocenters. The summed E-state index contributed by atoms with van der Waals surface area (Å²) in [6.45, 7) is 6.30. The van der Waals surface area contributed by atoms with Crippen molar-refractivity contribution in [1.29, 1.82) is 0 Å². The average molecular weight is 250 g/mol. The Morgan fingerprint density at radius 3 is 2.83 bits per heavy atom. The van der Waals surface area contributed by atoms with Gasteiger partial charge in [0.15, 0.2) is 0 Å². The van der Waals surface area contributed by atoms with Gasteiger partial charge in [0.2, 0.25) is 0 Å². The molecule has 0 saturated carbocycles. The molecule has 0 aliphatic carbocycles. The van der Waals surface area contributed by atoms with Crippen molar-refractivity contribution in [2.45, 2.75) is 26.2 Å². The van der Waals surface area contributed by atoms with Crippen LogP contribution in [0.2, 0.25) is 0 Å². The van der Waals surface area contributed by atoms with Crippen molar-refractivity contribution < 1.29 is 5.11 Å². The molecule has 5 nitrogen and oxygen atoms in total. The van der Waals surface area contributed by atoms with Crippen LogP contribution in [0.4, 0.5) is 11.6 Å². The van der Waals surface area contributed by atoms with Crippen molar-refractivity contribution in [2.75, 3.05) is 37.0 Å². The van der Waals surface area contributed by atoms with Crippen molar-refractivity contribution in [3.05, 3.63) is 11.9 Å². The molecule has 5 heteroatoms. The molecular formula is C13H22N4O. The van der Waals surface area contributed by atoms with E-state index in [-0.39, 0.29) is 6.61 Å². The highest BCUT2D eigenvalue weighted by molar-refractivity contribution is 5.50. The number of nitrogens with one attached hydrogen (secondary N) is 1. The Morgan fingerprint density at radius 2 is 2.28 bits per heavy atom. The van der Waals surface area contributed by atoms with Crippen molar-refractivity contribution >= 4 is 11.6 Å². The van der Waals surface area contributed by atoms with E-state index in [1.165, 1.54) is 0 Å². The molecule has 1 saturated heterocycles. The molecule has 18 heavy (non-hydrogen) atoms. The minimum atomic E-state index is 0.261. The summed E-state index contributed by atoms with van der Waals surface area (Å²) >= 11 is 0. The molecule has 1 aromatic rings. The van der Waals surface area contributed by atoms with E-state index >= 15 is 0 Å². The van der Waals surface area contributed by atoms with Crippen LogP contribution in [0.25, 0.3) is 0 Å². The molecule has 0 amide bonds. The first-order chi connectivity index (χ1) is 8.63. The zero-order valence-corrected chi connectivity index (χ0v) is 11.3. The average Bonchev–Trinajstić information content (AvgIpc) is 2.86. The van der Waals surface area contributed by atoms with E-state index in [0.29, 0.717) is 11.8 Å². The van der Waals surface area contributed by atoms with Crippen LogP contribution in [0.15, 0.2) is 6.07 Å². The summed E-state index contributed by atoms with van der Waals surface area (Å²) in [5.41, 5.74) is 0. The number of rotatable bonds is 4. The maximum absolute atomic E-state index is 9.20. The van der Waals surface area contributed by atoms with E-state index in [0.717, 1.165) is 37.0 Å². The lowest BCUT2D eigenvalue weighted by molar-refractivity contribution is 0.238. The fourth-order valence-electron chi connectivity index (χ4n) is 2.19. The quantitative estimate of drug-likeness (QED) is 0.847. The predicted molar refractivity (Wildman–Crippen MR) is 73.1 cm³/mol. The van der Waals surface area contributed by atoms with Crippen molar-refractivity contribution in [3.8, 4) is 0 Å². The summed E-state index contributed by atoms with van der Waals surface area (Å²) in [5.74, 6) is 3.38. The standard InChI is InChI=1S/C13H22N4O/c1-9(2)13-15-11(14-3)6-12(16-13)17-5-4-10(7-17)8-18/h6,9-10,18H,4-5,7-8H2,1-3H3,(H,14,15,16). The van der Waals surface area contributed by atoms with Gasteiger partial charge >= 0.3 is 0 Å². The monoisotopic (exact) mass is 250 g/mol. The highest BCUT2D eigenvalue weighted by Crippen LogP contribution is 2.25. The fraction of sp³-hybridized carbons (Fsp3) is 0.692. The molecule has 0 aromatic carbocycles. The Kier molecular flexibility index (Phi) is 4.01. The molecule has 2 rings (SSSR count). The lowest BCUT2D eigenvalue weighted by Gasteiger charge is -2.19. The van der Waals surface area contributed by atoms with Gasteiger partial charge in [-0.2, -0.15) is 0 Å². The number of anilines is 2. The van der Waals surface area contributed by atoms with E-state index in [1.54, 1.807) is 0 Å². The van der Waals surface area contributed by atoms with Gasteiger partial charge in [-0.1, -0.05) is 13.8 Å². The topological polar surface area (TPSA) is 61.3 Å². The van der Waals surface area contributed by atoms with Crippen LogP contribution in [0.1, 0.15) is 32.0 Å². The van der Waals surface area contributed by atoms with Crippen LogP contribution >= 0.6 is 0 Å². The van der Waals surface area contributed by atoms with Gasteiger partial charge < -0.3 is 15.3 Å². The predicted octanol–water partition coefficient (Wildman–Crippen LogP) is 1.46. The number of hydrogen-bond donors (Lipinski definition) is 2. The first kappa shape index (κ1) is 13.1. The summed E-state index contributed by atoms with van der Waals surface area (Å²) in [6, 6.07) is 1.98. The second kappa shape index (κ2) is 5.52. The summed E-state index contributed by atoms with van der Waals surface area (Å²) in [5, 5.41) is 12.3. The van der Waals surface area contributed by atoms with Crippen LogP contribution in [0.3, 0.4) is 0 Å². The molecule has 100 valence electrons. The summed E-state index contributed by atoms with van der Waals surface area (Å²) in [7, 11) is 1.87. The highest BCUT2D eigenvalue weighted by Gasteiger charge is 2.23. The third kappa shape index (κ3) is 2.72. The molecule has 2 heterocycles. The largest absolute Gasteiger partial charge is 0.396 e. The molecule has 1 atom stereocenters. The molecule has 0 spiro atoms. The van der Waals surface area contributed by atoms with Crippen molar-refractivity contribution in [2.24, 2.45) is 5.92 Å². The van der Waals surface area contributed by atoms with Crippen LogP contribution < -0.4 is 10.2 Å². The maximum atomic E-state index is 9.20. The number of nitrogens with zero attached hydrogens (tertiary/aromatic N) is 3. The van der Waals surface area contributed by atoms with E-state index in [9.17, 15) is 5.11 Å². The van der Waals surface area contributed by atoms with Gasteiger partial charge in [-0.15, -0.1) is 0 Å². The lowest BCUT2D eigenvalue weighted by atomic mass is 10.1. The van der Waals surface area contributed by atoms with E-state index in [1.807, 2.05) is 13.1 Å². The zero-order valence-electron chi connectivity index (χ0n) is 11.3. The zero-order chi connectivity index (χ0) is 13.1. The molecular weight excluding hydrogens is 228 g/mol. The second-order valence-corrected chi connectivity index (χ2v) is 5.16. The molecule has 1 aromatic heterocycles. The lowest BCUT2D eigenvalue weighted by Crippen LogP contribution is -2.22. The van der Waals surface area contributed by atoms with Crippen LogP contribution in [0.5, 0.6) is 0 Å². The van der Waals surface area contributed by atoms with Gasteiger partial charge in [-0.25, -0.2) is 9.97 Å². The molecule has 1 aliphatic heterocycles. The maximum Gasteiger partial charge on any atom is 0.135 e. The van der Waals surface area contributed by atoms with E-state index < -0.39 is 0 Å². The third-order valence-electron chi connectivity index (χ3n) is 3.37. The van der Waals surface area contributed by atoms with Crippen LogP contribution in [-0.2, 0) is 0 Å². The first-order valence-corrected chi connectivity index (χ1v) is 6.56. The molecule has 2 N–H and O–H groups in total. The Labute approximate surface area is 108 Å². The SMILES string of the molecule is CNc1cc(N2CCC(CO)C2)nc(C(C)C)n1. The van der Waals surface area contributed by atoms with Gasteiger partial charge in [0.25, 0.3) is 0 Å². The molecule has 1 fully saturated rings. The highest BCUT2D eigenvalue weighted by atomic mass is 16.3. The first-order valence-electron chi connectivity index (χ1n) is 6.56. The summed E-state index contributed by atoms with van der Waals surface area (Å²) in [4.78, 5) is 11.3. The summed E-state index contributed by atoms with van der Waals surface area (Å²) < 4.78 is 0. The Hall–Kier alpha value is -1.36. The van der Waals surface area contributed by atoms with Gasteiger partial charge in [-0.05, 0) is 6.42 Å². The van der Waals surface area contributed by atoms with Crippen molar-refractivity contribution in [1.82, 2.24) is 9.97 Å². The second-order valence-electron chi connectivity index (χ2n) is 5.16. The minimum absolute atomic E-state index is 0.261. The number of aliphatic hydroxyl groups is 1. The Balaban J connectivity index is 2.24. The third-order valence-corrected chi connectivity index (χ3v) is 3.37. The van der Waals surface area contributed by atoms with Gasteiger partial charge in [0, 0.05) is 44.6 Å². The van der Waals surface area contributed by atoms with Crippen molar-refractivity contribution in [3.63, 3.8) is 0 Å².